The molecular formula is C20H19N3O4S. The van der Waals surface area contributed by atoms with Crippen molar-refractivity contribution in [1.29, 1.82) is 0 Å². The van der Waals surface area contributed by atoms with Gasteiger partial charge in [-0.05, 0) is 42.3 Å². The molecule has 0 spiro atoms. The minimum absolute atomic E-state index is 0.0891. The average Bonchev–Trinajstić information content (AvgIpc) is 3.17. The zero-order valence-corrected chi connectivity index (χ0v) is 16.0. The van der Waals surface area contributed by atoms with E-state index in [1.54, 1.807) is 18.2 Å². The van der Waals surface area contributed by atoms with Crippen LogP contribution in [0.3, 0.4) is 0 Å². The fourth-order valence-electron chi connectivity index (χ4n) is 2.87. The predicted molar refractivity (Wildman–Crippen MR) is 107 cm³/mol. The molecule has 4 rings (SSSR count). The van der Waals surface area contributed by atoms with Gasteiger partial charge in [0.15, 0.2) is 11.5 Å². The van der Waals surface area contributed by atoms with Crippen molar-refractivity contribution in [3.05, 3.63) is 66.4 Å². The van der Waals surface area contributed by atoms with E-state index < -0.39 is 10.0 Å². The van der Waals surface area contributed by atoms with E-state index >= 15 is 0 Å². The van der Waals surface area contributed by atoms with Gasteiger partial charge in [0.2, 0.25) is 6.79 Å². The first-order valence-corrected chi connectivity index (χ1v) is 10.3. The molecule has 28 heavy (non-hydrogen) atoms. The van der Waals surface area contributed by atoms with Crippen LogP contribution in [0.25, 0.3) is 0 Å². The van der Waals surface area contributed by atoms with E-state index in [0.29, 0.717) is 23.0 Å². The highest BCUT2D eigenvalue weighted by Gasteiger charge is 2.20. The standard InChI is InChI=1S/C20H19N3O4S/c1-2-14-5-3-4-6-17(14)22-20-10-7-15(12-21-20)23-28(24,25)16-8-9-18-19(11-16)27-13-26-18/h3-12,23H,2,13H2,1H3,(H,21,22). The second-order valence-electron chi connectivity index (χ2n) is 6.19. The highest BCUT2D eigenvalue weighted by molar-refractivity contribution is 7.92. The lowest BCUT2D eigenvalue weighted by Gasteiger charge is -2.11. The van der Waals surface area contributed by atoms with Gasteiger partial charge in [0, 0.05) is 11.8 Å². The van der Waals surface area contributed by atoms with Gasteiger partial charge in [-0.3, -0.25) is 4.72 Å². The van der Waals surface area contributed by atoms with Crippen LogP contribution in [-0.2, 0) is 16.4 Å². The highest BCUT2D eigenvalue weighted by Crippen LogP contribution is 2.34. The Morgan fingerprint density at radius 3 is 2.64 bits per heavy atom. The third-order valence-corrected chi connectivity index (χ3v) is 5.71. The summed E-state index contributed by atoms with van der Waals surface area (Å²) in [5.41, 5.74) is 2.52. The van der Waals surface area contributed by atoms with Crippen LogP contribution in [0.15, 0.2) is 65.7 Å². The predicted octanol–water partition coefficient (Wildman–Crippen LogP) is 3.92. The van der Waals surface area contributed by atoms with E-state index in [2.05, 4.69) is 28.0 Å². The van der Waals surface area contributed by atoms with E-state index in [1.165, 1.54) is 23.9 Å². The summed E-state index contributed by atoms with van der Waals surface area (Å²) in [5.74, 6) is 1.57. The number of para-hydroxylation sites is 1. The molecule has 3 aromatic rings. The maximum atomic E-state index is 12.6. The molecule has 0 aliphatic carbocycles. The molecule has 0 atom stereocenters. The molecule has 0 amide bonds. The summed E-state index contributed by atoms with van der Waals surface area (Å²) in [6.45, 7) is 2.17. The van der Waals surface area contributed by atoms with E-state index in [-0.39, 0.29) is 11.7 Å². The molecule has 1 aliphatic rings. The number of benzene rings is 2. The monoisotopic (exact) mass is 397 g/mol. The molecule has 1 aromatic heterocycles. The van der Waals surface area contributed by atoms with Crippen molar-refractivity contribution >= 4 is 27.2 Å². The lowest BCUT2D eigenvalue weighted by Crippen LogP contribution is -2.13. The smallest absolute Gasteiger partial charge is 0.262 e. The normalized spacial score (nSPS) is 12.6. The summed E-state index contributed by atoms with van der Waals surface area (Å²) < 4.78 is 38.2. The third-order valence-electron chi connectivity index (χ3n) is 4.33. The largest absolute Gasteiger partial charge is 0.454 e. The summed E-state index contributed by atoms with van der Waals surface area (Å²) in [6, 6.07) is 15.9. The quantitative estimate of drug-likeness (QED) is 0.655. The SMILES string of the molecule is CCc1ccccc1Nc1ccc(NS(=O)(=O)c2ccc3c(c2)OCO3)cn1. The minimum atomic E-state index is -3.76. The van der Waals surface area contributed by atoms with E-state index in [0.717, 1.165) is 12.1 Å². The molecule has 0 bridgehead atoms. The number of aryl methyl sites for hydroxylation is 1. The van der Waals surface area contributed by atoms with E-state index in [4.69, 9.17) is 9.47 Å². The number of rotatable bonds is 6. The molecule has 0 unspecified atom stereocenters. The molecule has 0 radical (unpaired) electrons. The van der Waals surface area contributed by atoms with Gasteiger partial charge in [0.1, 0.15) is 5.82 Å². The Hall–Kier alpha value is -3.26. The third kappa shape index (κ3) is 3.72. The van der Waals surface area contributed by atoms with Crippen LogP contribution in [0.2, 0.25) is 0 Å². The van der Waals surface area contributed by atoms with Crippen molar-refractivity contribution < 1.29 is 17.9 Å². The number of aromatic nitrogens is 1. The average molecular weight is 397 g/mol. The Kier molecular flexibility index (Phi) is 4.79. The van der Waals surface area contributed by atoms with Gasteiger partial charge < -0.3 is 14.8 Å². The van der Waals surface area contributed by atoms with Crippen molar-refractivity contribution in [3.63, 3.8) is 0 Å². The summed E-state index contributed by atoms with van der Waals surface area (Å²) in [7, 11) is -3.76. The van der Waals surface area contributed by atoms with Gasteiger partial charge >= 0.3 is 0 Å². The highest BCUT2D eigenvalue weighted by atomic mass is 32.2. The molecule has 144 valence electrons. The molecule has 8 heteroatoms. The van der Waals surface area contributed by atoms with Gasteiger partial charge in [0.25, 0.3) is 10.0 Å². The van der Waals surface area contributed by atoms with Crippen molar-refractivity contribution in [2.75, 3.05) is 16.8 Å². The number of nitrogens with zero attached hydrogens (tertiary/aromatic N) is 1. The summed E-state index contributed by atoms with van der Waals surface area (Å²) in [5, 5.41) is 3.25. The van der Waals surface area contributed by atoms with Crippen molar-refractivity contribution in [2.45, 2.75) is 18.2 Å². The minimum Gasteiger partial charge on any atom is -0.454 e. The number of nitrogens with one attached hydrogen (secondary N) is 2. The number of hydrogen-bond donors (Lipinski definition) is 2. The molecule has 2 N–H and O–H groups in total. The van der Waals surface area contributed by atoms with Gasteiger partial charge in [-0.15, -0.1) is 0 Å². The zero-order valence-electron chi connectivity index (χ0n) is 15.2. The maximum absolute atomic E-state index is 12.6. The molecular weight excluding hydrogens is 378 g/mol. The number of anilines is 3. The Labute approximate surface area is 163 Å². The van der Waals surface area contributed by atoms with Gasteiger partial charge in [-0.25, -0.2) is 13.4 Å². The van der Waals surface area contributed by atoms with Crippen molar-refractivity contribution in [3.8, 4) is 11.5 Å². The van der Waals surface area contributed by atoms with Gasteiger partial charge in [-0.1, -0.05) is 25.1 Å². The Bertz CT molecular complexity index is 1100. The first-order chi connectivity index (χ1) is 13.5. The molecule has 2 heterocycles. The summed E-state index contributed by atoms with van der Waals surface area (Å²) in [6.07, 6.45) is 2.37. The van der Waals surface area contributed by atoms with Crippen molar-refractivity contribution in [1.82, 2.24) is 4.98 Å². The second kappa shape index (κ2) is 7.40. The lowest BCUT2D eigenvalue weighted by molar-refractivity contribution is 0.174. The Morgan fingerprint density at radius 1 is 1.04 bits per heavy atom. The molecule has 0 saturated carbocycles. The first kappa shape index (κ1) is 18.1. The number of ether oxygens (including phenoxy) is 2. The van der Waals surface area contributed by atoms with E-state index in [1.807, 2.05) is 18.2 Å². The van der Waals surface area contributed by atoms with Crippen LogP contribution in [0.1, 0.15) is 12.5 Å². The van der Waals surface area contributed by atoms with Gasteiger partial charge in [-0.2, -0.15) is 0 Å². The van der Waals surface area contributed by atoms with Crippen LogP contribution in [-0.4, -0.2) is 20.2 Å². The summed E-state index contributed by atoms with van der Waals surface area (Å²) >= 11 is 0. The number of fused-ring (bicyclic) bond motifs is 1. The van der Waals surface area contributed by atoms with Crippen LogP contribution >= 0.6 is 0 Å². The molecule has 7 nitrogen and oxygen atoms in total. The Morgan fingerprint density at radius 2 is 1.86 bits per heavy atom. The fourth-order valence-corrected chi connectivity index (χ4v) is 3.93. The number of sulfonamides is 1. The molecule has 0 saturated heterocycles. The topological polar surface area (TPSA) is 89.5 Å². The number of pyridine rings is 1. The molecule has 1 aliphatic heterocycles. The molecule has 2 aromatic carbocycles. The molecule has 0 fully saturated rings. The summed E-state index contributed by atoms with van der Waals surface area (Å²) in [4.78, 5) is 4.40. The van der Waals surface area contributed by atoms with Crippen LogP contribution in [0.5, 0.6) is 11.5 Å². The van der Waals surface area contributed by atoms with Crippen LogP contribution < -0.4 is 19.5 Å². The van der Waals surface area contributed by atoms with E-state index in [9.17, 15) is 8.42 Å². The number of hydrogen-bond acceptors (Lipinski definition) is 6. The fraction of sp³-hybridized carbons (Fsp3) is 0.150. The van der Waals surface area contributed by atoms with Gasteiger partial charge in [0.05, 0.1) is 16.8 Å². The van der Waals surface area contributed by atoms with Crippen molar-refractivity contribution in [2.24, 2.45) is 0 Å². The zero-order chi connectivity index (χ0) is 19.6. The Balaban J connectivity index is 1.49. The first-order valence-electron chi connectivity index (χ1n) is 8.78. The lowest BCUT2D eigenvalue weighted by atomic mass is 10.1. The van der Waals surface area contributed by atoms with Crippen LogP contribution in [0, 0.1) is 0 Å². The maximum Gasteiger partial charge on any atom is 0.262 e. The second-order valence-corrected chi connectivity index (χ2v) is 7.87. The van der Waals surface area contributed by atoms with Crippen LogP contribution in [0.4, 0.5) is 17.2 Å².